The van der Waals surface area contributed by atoms with E-state index in [1.54, 1.807) is 6.07 Å². The molecule has 0 saturated heterocycles. The molecule has 3 aromatic carbocycles. The molecule has 0 fully saturated rings. The van der Waals surface area contributed by atoms with Gasteiger partial charge in [-0.05, 0) is 36.9 Å². The minimum Gasteiger partial charge on any atom is -0.495 e. The molecule has 0 aliphatic heterocycles. The third-order valence-corrected chi connectivity index (χ3v) is 5.68. The Balaban J connectivity index is 1.96. The molecule has 0 spiro atoms. The summed E-state index contributed by atoms with van der Waals surface area (Å²) >= 11 is 0. The van der Waals surface area contributed by atoms with E-state index in [9.17, 15) is 13.2 Å². The van der Waals surface area contributed by atoms with Crippen LogP contribution in [-0.4, -0.2) is 28.5 Å². The van der Waals surface area contributed by atoms with Gasteiger partial charge in [-0.15, -0.1) is 0 Å². The van der Waals surface area contributed by atoms with E-state index in [1.807, 2.05) is 48.5 Å². The number of para-hydroxylation sites is 1. The van der Waals surface area contributed by atoms with Gasteiger partial charge < -0.3 is 10.1 Å². The lowest BCUT2D eigenvalue weighted by Gasteiger charge is -2.13. The molecule has 0 bridgehead atoms. The number of carbonyl (C=O) groups excluding carboxylic acids is 1. The number of nitrogens with one attached hydrogen (secondary N) is 2. The van der Waals surface area contributed by atoms with Gasteiger partial charge in [0.1, 0.15) is 10.6 Å². The van der Waals surface area contributed by atoms with Crippen molar-refractivity contribution in [3.63, 3.8) is 0 Å². The molecule has 0 atom stereocenters. The first-order valence-electron chi connectivity index (χ1n) is 8.53. The van der Waals surface area contributed by atoms with Crippen molar-refractivity contribution in [3.8, 4) is 16.9 Å². The molecule has 0 aliphatic carbocycles. The standard InChI is InChI=1S/C21H20N2O4S/c1-22-28(25,26)20-14-16(12-13-19(20)27-2)21(24)23-18-11-7-6-10-17(18)15-8-4-3-5-9-15/h3-14,22H,1-2H3,(H,23,24). The summed E-state index contributed by atoms with van der Waals surface area (Å²) in [5, 5.41) is 2.86. The van der Waals surface area contributed by atoms with Crippen molar-refractivity contribution in [3.05, 3.63) is 78.4 Å². The minimum absolute atomic E-state index is 0.0958. The normalized spacial score (nSPS) is 11.1. The fourth-order valence-electron chi connectivity index (χ4n) is 2.79. The first-order chi connectivity index (χ1) is 13.5. The van der Waals surface area contributed by atoms with Crippen LogP contribution in [0.1, 0.15) is 10.4 Å². The summed E-state index contributed by atoms with van der Waals surface area (Å²) in [6, 6.07) is 21.4. The Morgan fingerprint density at radius 3 is 2.29 bits per heavy atom. The van der Waals surface area contributed by atoms with Crippen molar-refractivity contribution in [1.29, 1.82) is 0 Å². The van der Waals surface area contributed by atoms with Gasteiger partial charge in [-0.3, -0.25) is 4.79 Å². The third kappa shape index (κ3) is 4.05. The van der Waals surface area contributed by atoms with Crippen LogP contribution in [-0.2, 0) is 10.0 Å². The number of hydrogen-bond acceptors (Lipinski definition) is 4. The van der Waals surface area contributed by atoms with Gasteiger partial charge in [0.25, 0.3) is 5.91 Å². The molecule has 28 heavy (non-hydrogen) atoms. The Bertz CT molecular complexity index is 1100. The topological polar surface area (TPSA) is 84.5 Å². The molecule has 0 aromatic heterocycles. The van der Waals surface area contributed by atoms with Crippen LogP contribution in [0.2, 0.25) is 0 Å². The van der Waals surface area contributed by atoms with E-state index in [1.165, 1.54) is 32.4 Å². The van der Waals surface area contributed by atoms with E-state index in [-0.39, 0.29) is 16.2 Å². The fourth-order valence-corrected chi connectivity index (χ4v) is 3.71. The molecule has 2 N–H and O–H groups in total. The van der Waals surface area contributed by atoms with E-state index in [2.05, 4.69) is 10.0 Å². The fraction of sp³-hybridized carbons (Fsp3) is 0.0952. The van der Waals surface area contributed by atoms with Crippen LogP contribution in [0.3, 0.4) is 0 Å². The number of rotatable bonds is 6. The van der Waals surface area contributed by atoms with Crippen LogP contribution < -0.4 is 14.8 Å². The molecule has 1 amide bonds. The van der Waals surface area contributed by atoms with E-state index >= 15 is 0 Å². The maximum Gasteiger partial charge on any atom is 0.255 e. The van der Waals surface area contributed by atoms with Gasteiger partial charge in [0.2, 0.25) is 10.0 Å². The zero-order valence-electron chi connectivity index (χ0n) is 15.5. The van der Waals surface area contributed by atoms with Crippen LogP contribution in [0.4, 0.5) is 5.69 Å². The summed E-state index contributed by atoms with van der Waals surface area (Å²) in [4.78, 5) is 12.7. The molecule has 0 heterocycles. The van der Waals surface area contributed by atoms with Crippen molar-refractivity contribution in [2.45, 2.75) is 4.90 Å². The van der Waals surface area contributed by atoms with Crippen LogP contribution in [0.25, 0.3) is 11.1 Å². The van der Waals surface area contributed by atoms with Crippen molar-refractivity contribution < 1.29 is 17.9 Å². The summed E-state index contributed by atoms with van der Waals surface area (Å²) < 4.78 is 31.8. The van der Waals surface area contributed by atoms with Gasteiger partial charge in [0.15, 0.2) is 0 Å². The van der Waals surface area contributed by atoms with Crippen molar-refractivity contribution in [1.82, 2.24) is 4.72 Å². The monoisotopic (exact) mass is 396 g/mol. The molecule has 0 saturated carbocycles. The minimum atomic E-state index is -3.78. The number of amides is 1. The van der Waals surface area contributed by atoms with Gasteiger partial charge in [0.05, 0.1) is 7.11 Å². The number of methoxy groups -OCH3 is 1. The highest BCUT2D eigenvalue weighted by Gasteiger charge is 2.20. The van der Waals surface area contributed by atoms with E-state index in [0.717, 1.165) is 11.1 Å². The molecule has 3 aromatic rings. The molecule has 0 aliphatic rings. The van der Waals surface area contributed by atoms with Gasteiger partial charge >= 0.3 is 0 Å². The Morgan fingerprint density at radius 1 is 0.929 bits per heavy atom. The number of carbonyl (C=O) groups is 1. The number of hydrogen-bond donors (Lipinski definition) is 2. The second-order valence-electron chi connectivity index (χ2n) is 5.94. The highest BCUT2D eigenvalue weighted by molar-refractivity contribution is 7.89. The van der Waals surface area contributed by atoms with E-state index in [0.29, 0.717) is 5.69 Å². The molecule has 3 rings (SSSR count). The van der Waals surface area contributed by atoms with Gasteiger partial charge in [-0.25, -0.2) is 13.1 Å². The predicted octanol–water partition coefficient (Wildman–Crippen LogP) is 3.52. The molecular formula is C21H20N2O4S. The number of benzene rings is 3. The number of sulfonamides is 1. The summed E-state index contributed by atoms with van der Waals surface area (Å²) in [7, 11) is -1.10. The molecule has 0 unspecified atom stereocenters. The molecule has 0 radical (unpaired) electrons. The van der Waals surface area contributed by atoms with Crippen LogP contribution in [0.5, 0.6) is 5.75 Å². The quantitative estimate of drug-likeness (QED) is 0.668. The highest BCUT2D eigenvalue weighted by atomic mass is 32.2. The lowest BCUT2D eigenvalue weighted by Crippen LogP contribution is -2.20. The van der Waals surface area contributed by atoms with Gasteiger partial charge in [0, 0.05) is 16.8 Å². The predicted molar refractivity (Wildman–Crippen MR) is 109 cm³/mol. The second-order valence-corrected chi connectivity index (χ2v) is 7.79. The lowest BCUT2D eigenvalue weighted by molar-refractivity contribution is 0.102. The Hall–Kier alpha value is -3.16. The maximum atomic E-state index is 12.8. The zero-order chi connectivity index (χ0) is 20.1. The Labute approximate surface area is 164 Å². The Morgan fingerprint density at radius 2 is 1.61 bits per heavy atom. The van der Waals surface area contributed by atoms with Gasteiger partial charge in [-0.2, -0.15) is 0 Å². The largest absolute Gasteiger partial charge is 0.495 e. The average Bonchev–Trinajstić information content (AvgIpc) is 2.74. The molecule has 7 heteroatoms. The maximum absolute atomic E-state index is 12.8. The SMILES string of the molecule is CNS(=O)(=O)c1cc(C(=O)Nc2ccccc2-c2ccccc2)ccc1OC. The molecule has 144 valence electrons. The second kappa shape index (κ2) is 8.24. The lowest BCUT2D eigenvalue weighted by atomic mass is 10.0. The first-order valence-corrected chi connectivity index (χ1v) is 10.0. The summed E-state index contributed by atoms with van der Waals surface area (Å²) in [5.74, 6) is -0.255. The van der Waals surface area contributed by atoms with E-state index in [4.69, 9.17) is 4.74 Å². The van der Waals surface area contributed by atoms with Crippen molar-refractivity contribution in [2.24, 2.45) is 0 Å². The van der Waals surface area contributed by atoms with Crippen molar-refractivity contribution >= 4 is 21.6 Å². The first kappa shape index (κ1) is 19.6. The zero-order valence-corrected chi connectivity index (χ0v) is 16.3. The molecular weight excluding hydrogens is 376 g/mol. The van der Waals surface area contributed by atoms with Crippen LogP contribution in [0, 0.1) is 0 Å². The van der Waals surface area contributed by atoms with Crippen molar-refractivity contribution in [2.75, 3.05) is 19.5 Å². The highest BCUT2D eigenvalue weighted by Crippen LogP contribution is 2.29. The van der Waals surface area contributed by atoms with Gasteiger partial charge in [-0.1, -0.05) is 48.5 Å². The average molecular weight is 396 g/mol. The molecule has 6 nitrogen and oxygen atoms in total. The summed E-state index contributed by atoms with van der Waals surface area (Å²) in [6.45, 7) is 0. The van der Waals surface area contributed by atoms with E-state index < -0.39 is 15.9 Å². The van der Waals surface area contributed by atoms with Crippen LogP contribution >= 0.6 is 0 Å². The smallest absolute Gasteiger partial charge is 0.255 e. The number of ether oxygens (including phenoxy) is 1. The van der Waals surface area contributed by atoms with Crippen LogP contribution in [0.15, 0.2) is 77.7 Å². The Kier molecular flexibility index (Phi) is 5.77. The number of anilines is 1. The summed E-state index contributed by atoms with van der Waals surface area (Å²) in [6.07, 6.45) is 0. The third-order valence-electron chi connectivity index (χ3n) is 4.24. The summed E-state index contributed by atoms with van der Waals surface area (Å²) in [5.41, 5.74) is 2.67.